The van der Waals surface area contributed by atoms with Crippen LogP contribution in [0.5, 0.6) is 11.5 Å². The number of halogens is 1. The minimum Gasteiger partial charge on any atom is -0.493 e. The summed E-state index contributed by atoms with van der Waals surface area (Å²) in [5, 5.41) is 13.6. The monoisotopic (exact) mass is 364 g/mol. The van der Waals surface area contributed by atoms with Crippen LogP contribution in [0.25, 0.3) is 0 Å². The first-order valence-electron chi connectivity index (χ1n) is 7.50. The van der Waals surface area contributed by atoms with E-state index < -0.39 is 16.9 Å². The molecule has 0 aromatic heterocycles. The van der Waals surface area contributed by atoms with Gasteiger partial charge in [0.2, 0.25) is 0 Å². The van der Waals surface area contributed by atoms with Crippen LogP contribution in [0.1, 0.15) is 13.3 Å². The highest BCUT2D eigenvalue weighted by atomic mass is 35.5. The standard InChI is InChI=1S/C17H17ClN2O5/c1-3-14(25-16-7-5-4-6-15(16)24-2)17(21)19-13-10-11(20(22)23)8-9-12(13)18/h4-10,14H,3H2,1-2H3,(H,19,21)/t14-/m1/s1. The van der Waals surface area contributed by atoms with E-state index in [1.54, 1.807) is 31.2 Å². The third kappa shape index (κ3) is 4.60. The van der Waals surface area contributed by atoms with Crippen LogP contribution in [0, 0.1) is 10.1 Å². The summed E-state index contributed by atoms with van der Waals surface area (Å²) in [6, 6.07) is 10.8. The molecule has 1 atom stereocenters. The second kappa shape index (κ2) is 8.34. The van der Waals surface area contributed by atoms with Crippen molar-refractivity contribution < 1.29 is 19.2 Å². The Balaban J connectivity index is 2.18. The van der Waals surface area contributed by atoms with Gasteiger partial charge in [-0.05, 0) is 24.6 Å². The first-order chi connectivity index (χ1) is 12.0. The molecule has 1 N–H and O–H groups in total. The van der Waals surface area contributed by atoms with Gasteiger partial charge in [0.15, 0.2) is 17.6 Å². The molecule has 0 spiro atoms. The second-order valence-electron chi connectivity index (χ2n) is 5.08. The molecular formula is C17H17ClN2O5. The number of carbonyl (C=O) groups is 1. The fourth-order valence-corrected chi connectivity index (χ4v) is 2.29. The molecule has 0 saturated carbocycles. The molecule has 0 unspecified atom stereocenters. The van der Waals surface area contributed by atoms with Gasteiger partial charge < -0.3 is 14.8 Å². The zero-order chi connectivity index (χ0) is 18.4. The quantitative estimate of drug-likeness (QED) is 0.591. The molecule has 0 fully saturated rings. The molecule has 2 aromatic carbocycles. The van der Waals surface area contributed by atoms with Gasteiger partial charge in [-0.3, -0.25) is 14.9 Å². The number of rotatable bonds is 7. The second-order valence-corrected chi connectivity index (χ2v) is 5.48. The number of hydrogen-bond donors (Lipinski definition) is 1. The Morgan fingerprint density at radius 2 is 1.96 bits per heavy atom. The summed E-state index contributed by atoms with van der Waals surface area (Å²) in [4.78, 5) is 22.8. The van der Waals surface area contributed by atoms with Gasteiger partial charge in [0.25, 0.3) is 11.6 Å². The number of nitrogens with zero attached hydrogens (tertiary/aromatic N) is 1. The van der Waals surface area contributed by atoms with Gasteiger partial charge in [0.1, 0.15) is 0 Å². The molecule has 2 aromatic rings. The van der Waals surface area contributed by atoms with Gasteiger partial charge >= 0.3 is 0 Å². The van der Waals surface area contributed by atoms with E-state index in [4.69, 9.17) is 21.1 Å². The fraction of sp³-hybridized carbons (Fsp3) is 0.235. The van der Waals surface area contributed by atoms with E-state index in [2.05, 4.69) is 5.32 Å². The van der Waals surface area contributed by atoms with Crippen molar-refractivity contribution in [3.05, 3.63) is 57.6 Å². The van der Waals surface area contributed by atoms with Crippen molar-refractivity contribution in [2.45, 2.75) is 19.4 Å². The first-order valence-corrected chi connectivity index (χ1v) is 7.88. The zero-order valence-corrected chi connectivity index (χ0v) is 14.4. The van der Waals surface area contributed by atoms with Crippen molar-refractivity contribution in [1.29, 1.82) is 0 Å². The Kier molecular flexibility index (Phi) is 6.19. The number of carbonyl (C=O) groups excluding carboxylic acids is 1. The van der Waals surface area contributed by atoms with Crippen molar-refractivity contribution in [3.8, 4) is 11.5 Å². The largest absolute Gasteiger partial charge is 0.493 e. The summed E-state index contributed by atoms with van der Waals surface area (Å²) >= 11 is 6.00. The minimum atomic E-state index is -0.813. The first kappa shape index (κ1) is 18.5. The summed E-state index contributed by atoms with van der Waals surface area (Å²) in [6.07, 6.45) is -0.428. The lowest BCUT2D eigenvalue weighted by Gasteiger charge is -2.19. The van der Waals surface area contributed by atoms with Gasteiger partial charge in [-0.25, -0.2) is 0 Å². The summed E-state index contributed by atoms with van der Waals surface area (Å²) in [5.41, 5.74) is -0.0126. The molecule has 1 amide bonds. The van der Waals surface area contributed by atoms with Crippen LogP contribution in [0.4, 0.5) is 11.4 Å². The van der Waals surface area contributed by atoms with Gasteiger partial charge in [0.05, 0.1) is 22.7 Å². The Labute approximate surface area is 149 Å². The Hall–Kier alpha value is -2.80. The number of methoxy groups -OCH3 is 1. The number of nitro groups is 1. The van der Waals surface area contributed by atoms with Crippen molar-refractivity contribution in [2.24, 2.45) is 0 Å². The average molecular weight is 365 g/mol. The number of non-ortho nitro benzene ring substituents is 1. The van der Waals surface area contributed by atoms with E-state index in [-0.39, 0.29) is 16.4 Å². The lowest BCUT2D eigenvalue weighted by molar-refractivity contribution is -0.384. The molecule has 7 nitrogen and oxygen atoms in total. The normalized spacial score (nSPS) is 11.5. The van der Waals surface area contributed by atoms with E-state index in [1.165, 1.54) is 25.3 Å². The van der Waals surface area contributed by atoms with Crippen LogP contribution in [-0.2, 0) is 4.79 Å². The van der Waals surface area contributed by atoms with E-state index in [1.807, 2.05) is 0 Å². The van der Waals surface area contributed by atoms with Crippen LogP contribution in [0.2, 0.25) is 5.02 Å². The summed E-state index contributed by atoms with van der Waals surface area (Å²) < 4.78 is 10.9. The van der Waals surface area contributed by atoms with Gasteiger partial charge in [0, 0.05) is 12.1 Å². The minimum absolute atomic E-state index is 0.156. The molecule has 132 valence electrons. The maximum absolute atomic E-state index is 12.5. The number of para-hydroxylation sites is 2. The highest BCUT2D eigenvalue weighted by Gasteiger charge is 2.22. The highest BCUT2D eigenvalue weighted by molar-refractivity contribution is 6.33. The topological polar surface area (TPSA) is 90.7 Å². The predicted molar refractivity (Wildman–Crippen MR) is 94.4 cm³/mol. The molecule has 0 bridgehead atoms. The van der Waals surface area contributed by atoms with Crippen molar-refractivity contribution in [1.82, 2.24) is 0 Å². The summed E-state index contributed by atoms with van der Waals surface area (Å²) in [5.74, 6) is 0.468. The van der Waals surface area contributed by atoms with Gasteiger partial charge in [-0.2, -0.15) is 0 Å². The predicted octanol–water partition coefficient (Wildman–Crippen LogP) is 4.05. The Morgan fingerprint density at radius 1 is 1.28 bits per heavy atom. The molecular weight excluding hydrogens is 348 g/mol. The lowest BCUT2D eigenvalue weighted by atomic mass is 10.2. The van der Waals surface area contributed by atoms with Gasteiger partial charge in [-0.15, -0.1) is 0 Å². The van der Waals surface area contributed by atoms with Crippen molar-refractivity contribution in [2.75, 3.05) is 12.4 Å². The van der Waals surface area contributed by atoms with Crippen LogP contribution in [-0.4, -0.2) is 24.0 Å². The third-order valence-corrected chi connectivity index (χ3v) is 3.75. The third-order valence-electron chi connectivity index (χ3n) is 3.42. The van der Waals surface area contributed by atoms with E-state index in [0.717, 1.165) is 0 Å². The lowest BCUT2D eigenvalue weighted by Crippen LogP contribution is -2.32. The number of benzene rings is 2. The molecule has 0 aliphatic rings. The summed E-state index contributed by atoms with van der Waals surface area (Å²) in [6.45, 7) is 1.79. The molecule has 8 heteroatoms. The SMILES string of the molecule is CC[C@@H](Oc1ccccc1OC)C(=O)Nc1cc([N+](=O)[O-])ccc1Cl. The molecule has 0 saturated heterocycles. The number of ether oxygens (including phenoxy) is 2. The zero-order valence-electron chi connectivity index (χ0n) is 13.7. The van der Waals surface area contributed by atoms with E-state index in [0.29, 0.717) is 17.9 Å². The molecule has 0 radical (unpaired) electrons. The van der Waals surface area contributed by atoms with Crippen LogP contribution < -0.4 is 14.8 Å². The van der Waals surface area contributed by atoms with Crippen LogP contribution >= 0.6 is 11.6 Å². The number of amides is 1. The number of anilines is 1. The molecule has 0 aliphatic heterocycles. The molecule has 0 heterocycles. The average Bonchev–Trinajstić information content (AvgIpc) is 2.61. The maximum Gasteiger partial charge on any atom is 0.271 e. The number of nitro benzene ring substituents is 1. The summed E-state index contributed by atoms with van der Waals surface area (Å²) in [7, 11) is 1.51. The van der Waals surface area contributed by atoms with Crippen LogP contribution in [0.3, 0.4) is 0 Å². The molecule has 25 heavy (non-hydrogen) atoms. The smallest absolute Gasteiger partial charge is 0.271 e. The molecule has 0 aliphatic carbocycles. The van der Waals surface area contributed by atoms with Gasteiger partial charge in [-0.1, -0.05) is 30.7 Å². The Bertz CT molecular complexity index is 781. The van der Waals surface area contributed by atoms with Crippen molar-refractivity contribution >= 4 is 28.9 Å². The Morgan fingerprint density at radius 3 is 2.56 bits per heavy atom. The van der Waals surface area contributed by atoms with Crippen molar-refractivity contribution in [3.63, 3.8) is 0 Å². The fourth-order valence-electron chi connectivity index (χ4n) is 2.13. The van der Waals surface area contributed by atoms with Crippen LogP contribution in [0.15, 0.2) is 42.5 Å². The number of nitrogens with one attached hydrogen (secondary N) is 1. The van der Waals surface area contributed by atoms with E-state index >= 15 is 0 Å². The number of hydrogen-bond acceptors (Lipinski definition) is 5. The van der Waals surface area contributed by atoms with E-state index in [9.17, 15) is 14.9 Å². The highest BCUT2D eigenvalue weighted by Crippen LogP contribution is 2.29. The molecule has 2 rings (SSSR count). The maximum atomic E-state index is 12.5.